The Kier molecular flexibility index (Phi) is 12.2. The molecule has 1 amide bonds. The van der Waals surface area contributed by atoms with Crippen molar-refractivity contribution < 1.29 is 23.2 Å². The minimum Gasteiger partial charge on any atom is -0.309 e. The third kappa shape index (κ3) is 11.0. The van der Waals surface area contributed by atoms with Crippen LogP contribution < -0.4 is 10.0 Å². The van der Waals surface area contributed by atoms with E-state index >= 15 is 0 Å². The Morgan fingerprint density at radius 2 is 1.90 bits per heavy atom. The Bertz CT molecular complexity index is 374. The van der Waals surface area contributed by atoms with E-state index in [1.807, 2.05) is 6.26 Å². The average Bonchev–Trinajstić information content (AvgIpc) is 2.44. The van der Waals surface area contributed by atoms with Crippen LogP contribution in [0.2, 0.25) is 0 Å². The molecule has 0 aromatic carbocycles. The molecule has 11 heteroatoms. The topological polar surface area (TPSA) is 98.3 Å². The molecule has 21 heavy (non-hydrogen) atoms. The molecule has 0 aliphatic carbocycles. The number of nitrogens with zero attached hydrogens (tertiary/aromatic N) is 1. The summed E-state index contributed by atoms with van der Waals surface area (Å²) in [5, 5.41) is 6.69. The quantitative estimate of drug-likeness (QED) is 0.0898. The smallest absolute Gasteiger partial charge is 0.309 e. The second kappa shape index (κ2) is 12.3. The fraction of sp³-hybridized carbons (Fsp3) is 0.800. The lowest BCUT2D eigenvalue weighted by molar-refractivity contribution is 0.153. The molecule has 0 radical (unpaired) electrons. The second-order valence-electron chi connectivity index (χ2n) is 3.41. The Morgan fingerprint density at radius 1 is 1.29 bits per heavy atom. The van der Waals surface area contributed by atoms with Gasteiger partial charge in [0.05, 0.1) is 19.1 Å². The van der Waals surface area contributed by atoms with Gasteiger partial charge in [0.2, 0.25) is 0 Å². The first-order valence-corrected chi connectivity index (χ1v) is 10.2. The molecular weight excluding hydrogens is 337 g/mol. The van der Waals surface area contributed by atoms with Gasteiger partial charge in [0, 0.05) is 0 Å². The maximum atomic E-state index is 12.1. The maximum Gasteiger partial charge on any atom is 0.434 e. The van der Waals surface area contributed by atoms with E-state index in [4.69, 9.17) is 9.05 Å². The van der Waals surface area contributed by atoms with E-state index < -0.39 is 13.7 Å². The van der Waals surface area contributed by atoms with Gasteiger partial charge in [0.15, 0.2) is 0 Å². The lowest BCUT2D eigenvalue weighted by Gasteiger charge is -2.16. The minimum atomic E-state index is -3.11. The lowest BCUT2D eigenvalue weighted by atomic mass is 10.9. The average molecular weight is 359 g/mol. The van der Waals surface area contributed by atoms with Gasteiger partial charge in [-0.15, -0.1) is 11.8 Å². The summed E-state index contributed by atoms with van der Waals surface area (Å²) < 4.78 is 25.1. The van der Waals surface area contributed by atoms with Crippen LogP contribution in [0.25, 0.3) is 0 Å². The van der Waals surface area contributed by atoms with Crippen LogP contribution in [-0.4, -0.2) is 42.8 Å². The zero-order chi connectivity index (χ0) is 16.1. The third-order valence-corrected chi connectivity index (χ3v) is 5.22. The summed E-state index contributed by atoms with van der Waals surface area (Å²) in [5.74, 6) is 0.227. The molecule has 0 atom stereocenters. The van der Waals surface area contributed by atoms with Crippen LogP contribution in [0.4, 0.5) is 4.79 Å². The number of carbonyl (C=O) groups excluding carboxylic acids is 1. The van der Waals surface area contributed by atoms with E-state index in [2.05, 4.69) is 20.0 Å². The number of rotatable bonds is 10. The molecule has 0 saturated heterocycles. The van der Waals surface area contributed by atoms with Gasteiger partial charge in [-0.05, 0) is 27.0 Å². The number of hydrogen-bond donors (Lipinski definition) is 2. The zero-order valence-corrected chi connectivity index (χ0v) is 15.1. The van der Waals surface area contributed by atoms with Crippen molar-refractivity contribution in [1.82, 2.24) is 10.0 Å². The monoisotopic (exact) mass is 359 g/mol. The van der Waals surface area contributed by atoms with Crippen molar-refractivity contribution in [2.24, 2.45) is 5.16 Å². The standard InChI is InChI=1S/C10H22N3O5PS2/c1-5-16-19(15,17-6-2)7-12-21-8-11-10(14)18-13-9(3)20-4/h12H,5-8H2,1-4H3,(H,11,14). The van der Waals surface area contributed by atoms with Crippen molar-refractivity contribution in [3.63, 3.8) is 0 Å². The van der Waals surface area contributed by atoms with Crippen LogP contribution in [0.15, 0.2) is 5.16 Å². The van der Waals surface area contributed by atoms with Crippen molar-refractivity contribution in [3.8, 4) is 0 Å². The van der Waals surface area contributed by atoms with E-state index in [0.29, 0.717) is 18.3 Å². The molecule has 0 spiro atoms. The molecule has 8 nitrogen and oxygen atoms in total. The molecule has 0 saturated carbocycles. The number of hydrogen-bond acceptors (Lipinski definition) is 9. The van der Waals surface area contributed by atoms with E-state index in [1.54, 1.807) is 20.8 Å². The highest BCUT2D eigenvalue weighted by Crippen LogP contribution is 2.46. The highest BCUT2D eigenvalue weighted by Gasteiger charge is 2.22. The Hall–Kier alpha value is -0.250. The molecular formula is C10H22N3O5PS2. The molecule has 0 aromatic rings. The lowest BCUT2D eigenvalue weighted by Crippen LogP contribution is -2.24. The molecule has 124 valence electrons. The predicted molar refractivity (Wildman–Crippen MR) is 87.6 cm³/mol. The van der Waals surface area contributed by atoms with Crippen LogP contribution in [0.1, 0.15) is 20.8 Å². The van der Waals surface area contributed by atoms with Crippen molar-refractivity contribution in [2.75, 3.05) is 31.6 Å². The molecule has 0 fully saturated rings. The summed E-state index contributed by atoms with van der Waals surface area (Å²) in [7, 11) is -3.11. The van der Waals surface area contributed by atoms with Gasteiger partial charge in [-0.1, -0.05) is 17.1 Å². The van der Waals surface area contributed by atoms with Crippen LogP contribution in [0.3, 0.4) is 0 Å². The van der Waals surface area contributed by atoms with Gasteiger partial charge < -0.3 is 14.4 Å². The van der Waals surface area contributed by atoms with Gasteiger partial charge in [-0.3, -0.25) is 14.1 Å². The van der Waals surface area contributed by atoms with E-state index in [-0.39, 0.29) is 12.2 Å². The first-order valence-electron chi connectivity index (χ1n) is 6.23. The van der Waals surface area contributed by atoms with E-state index in [0.717, 1.165) is 11.9 Å². The fourth-order valence-corrected chi connectivity index (χ4v) is 3.41. The van der Waals surface area contributed by atoms with E-state index in [1.165, 1.54) is 11.8 Å². The number of thioether (sulfide) groups is 1. The first kappa shape index (κ1) is 20.8. The van der Waals surface area contributed by atoms with E-state index in [9.17, 15) is 9.36 Å². The number of nitrogens with one attached hydrogen (secondary N) is 2. The van der Waals surface area contributed by atoms with Crippen molar-refractivity contribution in [3.05, 3.63) is 0 Å². The van der Waals surface area contributed by atoms with Crippen LogP contribution >= 0.6 is 31.3 Å². The van der Waals surface area contributed by atoms with Gasteiger partial charge in [-0.2, -0.15) is 0 Å². The summed E-state index contributed by atoms with van der Waals surface area (Å²) >= 11 is 2.53. The molecule has 0 rings (SSSR count). The molecule has 0 aliphatic heterocycles. The molecule has 0 aliphatic rings. The fourth-order valence-electron chi connectivity index (χ4n) is 0.968. The van der Waals surface area contributed by atoms with Gasteiger partial charge in [0.1, 0.15) is 11.3 Å². The van der Waals surface area contributed by atoms with Gasteiger partial charge >= 0.3 is 13.7 Å². The maximum absolute atomic E-state index is 12.1. The highest BCUT2D eigenvalue weighted by atomic mass is 32.2. The second-order valence-corrected chi connectivity index (χ2v) is 7.33. The molecule has 0 heterocycles. The summed E-state index contributed by atoms with van der Waals surface area (Å²) in [6, 6.07) is 0. The minimum absolute atomic E-state index is 0.0554. The van der Waals surface area contributed by atoms with Crippen LogP contribution in [0, 0.1) is 0 Å². The third-order valence-electron chi connectivity index (χ3n) is 1.85. The molecule has 2 N–H and O–H groups in total. The van der Waals surface area contributed by atoms with Crippen LogP contribution in [0.5, 0.6) is 0 Å². The Labute approximate surface area is 133 Å². The number of oxime groups is 1. The summed E-state index contributed by atoms with van der Waals surface area (Å²) in [6.45, 7) is 5.83. The zero-order valence-electron chi connectivity index (χ0n) is 12.6. The summed E-state index contributed by atoms with van der Waals surface area (Å²) in [4.78, 5) is 15.8. The number of carbonyl (C=O) groups is 1. The molecule has 0 bridgehead atoms. The Morgan fingerprint density at radius 3 is 2.43 bits per heavy atom. The normalized spacial score (nSPS) is 12.3. The van der Waals surface area contributed by atoms with Gasteiger partial charge in [0.25, 0.3) is 0 Å². The summed E-state index contributed by atoms with van der Waals surface area (Å²) in [6.07, 6.45) is 1.23. The SMILES string of the molecule is CCOP(=O)(CNSCNC(=O)ON=C(C)SC)OCC. The van der Waals surface area contributed by atoms with Gasteiger partial charge in [-0.25, -0.2) is 4.79 Å². The summed E-state index contributed by atoms with van der Waals surface area (Å²) in [5.41, 5.74) is 0. The predicted octanol–water partition coefficient (Wildman–Crippen LogP) is 2.83. The largest absolute Gasteiger partial charge is 0.434 e. The van der Waals surface area contributed by atoms with Crippen molar-refractivity contribution >= 4 is 42.4 Å². The van der Waals surface area contributed by atoms with Crippen molar-refractivity contribution in [1.29, 1.82) is 0 Å². The first-order chi connectivity index (χ1) is 9.97. The van der Waals surface area contributed by atoms with Crippen molar-refractivity contribution in [2.45, 2.75) is 20.8 Å². The Balaban J connectivity index is 3.84. The molecule has 0 unspecified atom stereocenters. The number of amides is 1. The van der Waals surface area contributed by atoms with Crippen LogP contribution in [-0.2, 0) is 18.5 Å². The highest BCUT2D eigenvalue weighted by molar-refractivity contribution is 8.13. The molecule has 0 aromatic heterocycles.